The van der Waals surface area contributed by atoms with Crippen molar-refractivity contribution in [2.45, 2.75) is 0 Å². The number of nitrogens with one attached hydrogen (secondary N) is 1. The van der Waals surface area contributed by atoms with Gasteiger partial charge in [-0.3, -0.25) is 5.32 Å². The van der Waals surface area contributed by atoms with Crippen molar-refractivity contribution >= 4 is 22.6 Å². The summed E-state index contributed by atoms with van der Waals surface area (Å²) in [5, 5.41) is 14.3. The Labute approximate surface area is 133 Å². The first-order chi connectivity index (χ1) is 11.2. The fraction of sp³-hybridized carbons (Fsp3) is 0.0556. The van der Waals surface area contributed by atoms with Crippen LogP contribution >= 0.6 is 0 Å². The highest BCUT2D eigenvalue weighted by atomic mass is 16.6. The summed E-state index contributed by atoms with van der Waals surface area (Å²) in [4.78, 5) is 11.9. The molecule has 5 nitrogen and oxygen atoms in total. The van der Waals surface area contributed by atoms with Gasteiger partial charge in [0, 0.05) is 5.69 Å². The van der Waals surface area contributed by atoms with E-state index in [1.54, 1.807) is 43.5 Å². The number of hydrogen-bond acceptors (Lipinski definition) is 4. The molecule has 0 heterocycles. The molecule has 23 heavy (non-hydrogen) atoms. The SMILES string of the molecule is COc1ccc(NC(=O)Oc2cc3ccccc3cc2O)cc1. The molecular formula is C18H15NO4. The molecule has 0 fully saturated rings. The first kappa shape index (κ1) is 14.7. The molecule has 0 saturated carbocycles. The Hall–Kier alpha value is -3.21. The smallest absolute Gasteiger partial charge is 0.417 e. The third kappa shape index (κ3) is 3.35. The lowest BCUT2D eigenvalue weighted by atomic mass is 10.1. The number of anilines is 1. The fourth-order valence-corrected chi connectivity index (χ4v) is 2.21. The number of carbonyl (C=O) groups excluding carboxylic acids is 1. The molecule has 0 aliphatic rings. The summed E-state index contributed by atoms with van der Waals surface area (Å²) in [5.74, 6) is 0.708. The summed E-state index contributed by atoms with van der Waals surface area (Å²) in [6.45, 7) is 0. The van der Waals surface area contributed by atoms with Crippen LogP contribution in [-0.2, 0) is 0 Å². The van der Waals surface area contributed by atoms with Crippen molar-refractivity contribution in [1.82, 2.24) is 0 Å². The van der Waals surface area contributed by atoms with Crippen LogP contribution in [0.4, 0.5) is 10.5 Å². The molecule has 116 valence electrons. The summed E-state index contributed by atoms with van der Waals surface area (Å²) in [5.41, 5.74) is 0.566. The van der Waals surface area contributed by atoms with Crippen LogP contribution in [0.1, 0.15) is 0 Å². The second kappa shape index (κ2) is 6.27. The number of amides is 1. The van der Waals surface area contributed by atoms with E-state index in [1.807, 2.05) is 24.3 Å². The molecule has 3 rings (SSSR count). The summed E-state index contributed by atoms with van der Waals surface area (Å²) in [6, 6.07) is 17.5. The average Bonchev–Trinajstić information content (AvgIpc) is 2.56. The molecule has 0 bridgehead atoms. The van der Waals surface area contributed by atoms with Crippen molar-refractivity contribution in [2.24, 2.45) is 0 Å². The Morgan fingerprint density at radius 2 is 1.65 bits per heavy atom. The van der Waals surface area contributed by atoms with Gasteiger partial charge in [-0.25, -0.2) is 4.79 Å². The van der Waals surface area contributed by atoms with E-state index in [0.717, 1.165) is 10.8 Å². The molecule has 0 saturated heterocycles. The van der Waals surface area contributed by atoms with E-state index in [-0.39, 0.29) is 11.5 Å². The molecule has 0 aliphatic heterocycles. The second-order valence-electron chi connectivity index (χ2n) is 4.91. The number of phenolic OH excluding ortho intramolecular Hbond substituents is 1. The van der Waals surface area contributed by atoms with Gasteiger partial charge in [0.05, 0.1) is 7.11 Å². The number of benzene rings is 3. The van der Waals surface area contributed by atoms with Gasteiger partial charge < -0.3 is 14.6 Å². The highest BCUT2D eigenvalue weighted by molar-refractivity contribution is 5.90. The number of ether oxygens (including phenoxy) is 2. The number of phenols is 1. The average molecular weight is 309 g/mol. The van der Waals surface area contributed by atoms with Gasteiger partial charge in [-0.1, -0.05) is 24.3 Å². The number of fused-ring (bicyclic) bond motifs is 1. The summed E-state index contributed by atoms with van der Waals surface area (Å²) >= 11 is 0. The highest BCUT2D eigenvalue weighted by Gasteiger charge is 2.10. The van der Waals surface area contributed by atoms with Crippen LogP contribution < -0.4 is 14.8 Å². The maximum Gasteiger partial charge on any atom is 0.417 e. The van der Waals surface area contributed by atoms with E-state index >= 15 is 0 Å². The first-order valence-electron chi connectivity index (χ1n) is 7.00. The Morgan fingerprint density at radius 3 is 2.30 bits per heavy atom. The normalized spacial score (nSPS) is 10.3. The molecule has 0 aromatic heterocycles. The van der Waals surface area contributed by atoms with Crippen LogP contribution in [0.5, 0.6) is 17.2 Å². The number of rotatable bonds is 3. The second-order valence-corrected chi connectivity index (χ2v) is 4.91. The minimum absolute atomic E-state index is 0.0893. The zero-order valence-corrected chi connectivity index (χ0v) is 12.4. The maximum atomic E-state index is 11.9. The lowest BCUT2D eigenvalue weighted by molar-refractivity contribution is 0.213. The molecule has 3 aromatic carbocycles. The highest BCUT2D eigenvalue weighted by Crippen LogP contribution is 2.31. The van der Waals surface area contributed by atoms with Gasteiger partial charge in [0.15, 0.2) is 11.5 Å². The Kier molecular flexibility index (Phi) is 4.01. The van der Waals surface area contributed by atoms with Crippen molar-refractivity contribution in [3.05, 3.63) is 60.7 Å². The quantitative estimate of drug-likeness (QED) is 0.762. The molecule has 3 aromatic rings. The molecule has 0 spiro atoms. The van der Waals surface area contributed by atoms with Crippen LogP contribution in [0.3, 0.4) is 0 Å². The maximum absolute atomic E-state index is 11.9. The molecule has 5 heteroatoms. The Balaban J connectivity index is 1.75. The van der Waals surface area contributed by atoms with E-state index < -0.39 is 6.09 Å². The number of carbonyl (C=O) groups is 1. The van der Waals surface area contributed by atoms with Crippen LogP contribution in [-0.4, -0.2) is 18.3 Å². The number of hydrogen-bond donors (Lipinski definition) is 2. The molecular weight excluding hydrogens is 294 g/mol. The third-order valence-corrected chi connectivity index (χ3v) is 3.37. The third-order valence-electron chi connectivity index (χ3n) is 3.37. The molecule has 1 amide bonds. The molecule has 2 N–H and O–H groups in total. The number of methoxy groups -OCH3 is 1. The topological polar surface area (TPSA) is 67.8 Å². The van der Waals surface area contributed by atoms with Crippen molar-refractivity contribution in [3.8, 4) is 17.2 Å². The molecule has 0 unspecified atom stereocenters. The Bertz CT molecular complexity index is 843. The molecule has 0 aliphatic carbocycles. The monoisotopic (exact) mass is 309 g/mol. The van der Waals surface area contributed by atoms with E-state index in [2.05, 4.69) is 5.32 Å². The van der Waals surface area contributed by atoms with E-state index in [0.29, 0.717) is 11.4 Å². The first-order valence-corrected chi connectivity index (χ1v) is 7.00. The summed E-state index contributed by atoms with van der Waals surface area (Å²) < 4.78 is 10.2. The van der Waals surface area contributed by atoms with Gasteiger partial charge in [0.2, 0.25) is 0 Å². The van der Waals surface area contributed by atoms with Crippen LogP contribution in [0, 0.1) is 0 Å². The van der Waals surface area contributed by atoms with Crippen molar-refractivity contribution in [3.63, 3.8) is 0 Å². The van der Waals surface area contributed by atoms with Crippen LogP contribution in [0.2, 0.25) is 0 Å². The van der Waals surface area contributed by atoms with E-state index in [9.17, 15) is 9.90 Å². The zero-order chi connectivity index (χ0) is 16.2. The van der Waals surface area contributed by atoms with Gasteiger partial charge in [0.25, 0.3) is 0 Å². The predicted octanol–water partition coefficient (Wildman–Crippen LogP) is 4.16. The van der Waals surface area contributed by atoms with E-state index in [1.165, 1.54) is 0 Å². The van der Waals surface area contributed by atoms with Gasteiger partial charge in [0.1, 0.15) is 5.75 Å². The number of aromatic hydroxyl groups is 1. The van der Waals surface area contributed by atoms with Gasteiger partial charge in [-0.15, -0.1) is 0 Å². The van der Waals surface area contributed by atoms with Gasteiger partial charge >= 0.3 is 6.09 Å². The van der Waals surface area contributed by atoms with Crippen molar-refractivity contribution in [2.75, 3.05) is 12.4 Å². The lowest BCUT2D eigenvalue weighted by Crippen LogP contribution is -2.16. The van der Waals surface area contributed by atoms with Gasteiger partial charge in [-0.05, 0) is 47.2 Å². The minimum atomic E-state index is -0.680. The molecule has 0 radical (unpaired) electrons. The summed E-state index contributed by atoms with van der Waals surface area (Å²) in [6.07, 6.45) is -0.680. The van der Waals surface area contributed by atoms with Gasteiger partial charge in [-0.2, -0.15) is 0 Å². The lowest BCUT2D eigenvalue weighted by Gasteiger charge is -2.09. The van der Waals surface area contributed by atoms with Crippen molar-refractivity contribution < 1.29 is 19.4 Å². The van der Waals surface area contributed by atoms with Crippen LogP contribution in [0.15, 0.2) is 60.7 Å². The predicted molar refractivity (Wildman–Crippen MR) is 88.3 cm³/mol. The van der Waals surface area contributed by atoms with Crippen molar-refractivity contribution in [1.29, 1.82) is 0 Å². The standard InChI is InChI=1S/C18H15NO4/c1-22-15-8-6-14(7-9-15)19-18(21)23-17-11-13-5-3-2-4-12(13)10-16(17)20/h2-11,20H,1H3,(H,19,21). The molecule has 0 atom stereocenters. The Morgan fingerprint density at radius 1 is 1.00 bits per heavy atom. The van der Waals surface area contributed by atoms with E-state index in [4.69, 9.17) is 9.47 Å². The fourth-order valence-electron chi connectivity index (χ4n) is 2.21. The summed E-state index contributed by atoms with van der Waals surface area (Å²) in [7, 11) is 1.57. The zero-order valence-electron chi connectivity index (χ0n) is 12.4. The van der Waals surface area contributed by atoms with Crippen LogP contribution in [0.25, 0.3) is 10.8 Å². The largest absolute Gasteiger partial charge is 0.504 e. The minimum Gasteiger partial charge on any atom is -0.504 e.